The van der Waals surface area contributed by atoms with Crippen LogP contribution in [-0.2, 0) is 0 Å². The van der Waals surface area contributed by atoms with E-state index in [1.807, 2.05) is 36.4 Å². The average Bonchev–Trinajstić information content (AvgIpc) is 1.72. The second kappa shape index (κ2) is 3.62. The summed E-state index contributed by atoms with van der Waals surface area (Å²) in [6.07, 6.45) is 0. The number of hydrogen-bond acceptors (Lipinski definition) is 0. The summed E-state index contributed by atoms with van der Waals surface area (Å²) in [7, 11) is 0. The van der Waals surface area contributed by atoms with Crippen molar-refractivity contribution in [3.63, 3.8) is 0 Å². The van der Waals surface area contributed by atoms with E-state index < -0.39 is 0 Å². The molecule has 0 aliphatic carbocycles. The molecular formula is C6H6Si. The summed E-state index contributed by atoms with van der Waals surface area (Å²) in [5, 5.41) is 0. The van der Waals surface area contributed by atoms with Crippen molar-refractivity contribution in [2.24, 2.45) is 0 Å². The number of rotatable bonds is 0. The summed E-state index contributed by atoms with van der Waals surface area (Å²) in [5.41, 5.74) is 0. The molecule has 1 rings (SSSR count). The highest BCUT2D eigenvalue weighted by Crippen LogP contribution is 1.79. The van der Waals surface area contributed by atoms with Crippen LogP contribution >= 0.6 is 0 Å². The van der Waals surface area contributed by atoms with Gasteiger partial charge in [0.2, 0.25) is 0 Å². The van der Waals surface area contributed by atoms with Crippen LogP contribution in [-0.4, -0.2) is 11.0 Å². The van der Waals surface area contributed by atoms with Gasteiger partial charge in [0.25, 0.3) is 0 Å². The maximum absolute atomic E-state index is 2.00. The van der Waals surface area contributed by atoms with Gasteiger partial charge in [-0.1, -0.05) is 36.4 Å². The van der Waals surface area contributed by atoms with Gasteiger partial charge >= 0.3 is 0 Å². The Balaban J connectivity index is 0.000000360. The van der Waals surface area contributed by atoms with Crippen LogP contribution in [0.15, 0.2) is 36.4 Å². The highest BCUT2D eigenvalue weighted by Gasteiger charge is 1.57. The van der Waals surface area contributed by atoms with Crippen LogP contribution in [0, 0.1) is 0 Å². The van der Waals surface area contributed by atoms with E-state index >= 15 is 0 Å². The first-order chi connectivity index (χ1) is 3.00. The SMILES string of the molecule is [Si].c1ccccc1. The molecule has 0 aliphatic rings. The monoisotopic (exact) mass is 106 g/mol. The molecule has 1 aromatic rings. The minimum atomic E-state index is 0. The van der Waals surface area contributed by atoms with Gasteiger partial charge in [-0.2, -0.15) is 0 Å². The molecule has 0 fully saturated rings. The zero-order valence-corrected chi connectivity index (χ0v) is 4.96. The molecule has 4 radical (unpaired) electrons. The van der Waals surface area contributed by atoms with Crippen molar-refractivity contribution in [2.75, 3.05) is 0 Å². The number of hydrogen-bond donors (Lipinski definition) is 0. The standard InChI is InChI=1S/C6H6.Si/c1-2-4-6-5-3-1;/h1-6H;. The largest absolute Gasteiger partial charge is 0.0623 e. The Labute approximate surface area is 48.2 Å². The Kier molecular flexibility index (Phi) is 3.33. The van der Waals surface area contributed by atoms with Crippen LogP contribution in [0.5, 0.6) is 0 Å². The summed E-state index contributed by atoms with van der Waals surface area (Å²) in [5.74, 6) is 0. The molecular weight excluding hydrogens is 100 g/mol. The van der Waals surface area contributed by atoms with Gasteiger partial charge in [0.15, 0.2) is 0 Å². The zero-order chi connectivity index (χ0) is 4.24. The summed E-state index contributed by atoms with van der Waals surface area (Å²) in [6, 6.07) is 12.0. The molecule has 0 bridgehead atoms. The Hall–Kier alpha value is -0.563. The lowest BCUT2D eigenvalue weighted by molar-refractivity contribution is 1.72. The van der Waals surface area contributed by atoms with E-state index in [4.69, 9.17) is 0 Å². The Bertz CT molecular complexity index is 76.1. The minimum absolute atomic E-state index is 0. The number of benzene rings is 1. The van der Waals surface area contributed by atoms with Crippen molar-refractivity contribution in [1.82, 2.24) is 0 Å². The lowest BCUT2D eigenvalue weighted by Crippen LogP contribution is -1.47. The Morgan fingerprint density at radius 1 is 0.429 bits per heavy atom. The summed E-state index contributed by atoms with van der Waals surface area (Å²) in [6.45, 7) is 0. The Morgan fingerprint density at radius 2 is 0.571 bits per heavy atom. The summed E-state index contributed by atoms with van der Waals surface area (Å²) >= 11 is 0. The maximum atomic E-state index is 2.00. The summed E-state index contributed by atoms with van der Waals surface area (Å²) < 4.78 is 0. The first-order valence-electron chi connectivity index (χ1n) is 2.00. The Morgan fingerprint density at radius 3 is 0.714 bits per heavy atom. The highest BCUT2D eigenvalue weighted by molar-refractivity contribution is 5.75. The van der Waals surface area contributed by atoms with Gasteiger partial charge in [-0.25, -0.2) is 0 Å². The minimum Gasteiger partial charge on any atom is -0.0623 e. The van der Waals surface area contributed by atoms with Crippen LogP contribution in [0.3, 0.4) is 0 Å². The lowest BCUT2D eigenvalue weighted by Gasteiger charge is -1.69. The molecule has 1 heteroatoms. The molecule has 7 heavy (non-hydrogen) atoms. The topological polar surface area (TPSA) is 0 Å². The molecule has 0 heterocycles. The van der Waals surface area contributed by atoms with Crippen molar-refractivity contribution in [3.8, 4) is 0 Å². The molecule has 0 amide bonds. The van der Waals surface area contributed by atoms with Gasteiger partial charge < -0.3 is 0 Å². The van der Waals surface area contributed by atoms with Crippen molar-refractivity contribution in [2.45, 2.75) is 0 Å². The van der Waals surface area contributed by atoms with E-state index in [2.05, 4.69) is 0 Å². The third kappa shape index (κ3) is 2.17. The molecule has 0 nitrogen and oxygen atoms in total. The molecule has 0 aromatic heterocycles. The van der Waals surface area contributed by atoms with E-state index in [1.165, 1.54) is 0 Å². The van der Waals surface area contributed by atoms with E-state index in [0.29, 0.717) is 0 Å². The van der Waals surface area contributed by atoms with Crippen molar-refractivity contribution >= 4 is 11.0 Å². The fourth-order valence-electron chi connectivity index (χ4n) is 0.385. The van der Waals surface area contributed by atoms with Crippen LogP contribution in [0.4, 0.5) is 0 Å². The molecule has 34 valence electrons. The lowest BCUT2D eigenvalue weighted by atomic mass is 10.4. The summed E-state index contributed by atoms with van der Waals surface area (Å²) in [4.78, 5) is 0. The van der Waals surface area contributed by atoms with Crippen LogP contribution < -0.4 is 0 Å². The smallest absolute Gasteiger partial charge is 0 e. The fraction of sp³-hybridized carbons (Fsp3) is 0. The first-order valence-corrected chi connectivity index (χ1v) is 2.00. The molecule has 1 aromatic carbocycles. The van der Waals surface area contributed by atoms with E-state index in [0.717, 1.165) is 0 Å². The van der Waals surface area contributed by atoms with Crippen LogP contribution in [0.25, 0.3) is 0 Å². The van der Waals surface area contributed by atoms with E-state index in [-0.39, 0.29) is 11.0 Å². The normalized spacial score (nSPS) is 6.86. The molecule has 0 unspecified atom stereocenters. The van der Waals surface area contributed by atoms with Gasteiger partial charge in [0, 0.05) is 11.0 Å². The van der Waals surface area contributed by atoms with Gasteiger partial charge in [-0.3, -0.25) is 0 Å². The van der Waals surface area contributed by atoms with Crippen LogP contribution in [0.2, 0.25) is 0 Å². The zero-order valence-electron chi connectivity index (χ0n) is 3.96. The quantitative estimate of drug-likeness (QED) is 0.437. The molecule has 0 atom stereocenters. The maximum Gasteiger partial charge on any atom is 0 e. The molecule has 0 aliphatic heterocycles. The predicted molar refractivity (Wildman–Crippen MR) is 32.2 cm³/mol. The van der Waals surface area contributed by atoms with Gasteiger partial charge in [-0.05, 0) is 0 Å². The third-order valence-electron chi connectivity index (χ3n) is 0.667. The van der Waals surface area contributed by atoms with Crippen molar-refractivity contribution in [1.29, 1.82) is 0 Å². The predicted octanol–water partition coefficient (Wildman–Crippen LogP) is 1.31. The molecule has 0 saturated heterocycles. The second-order valence-electron chi connectivity index (χ2n) is 1.15. The third-order valence-corrected chi connectivity index (χ3v) is 0.667. The average molecular weight is 106 g/mol. The highest BCUT2D eigenvalue weighted by atomic mass is 28.1. The fourth-order valence-corrected chi connectivity index (χ4v) is 0.385. The van der Waals surface area contributed by atoms with Gasteiger partial charge in [-0.15, -0.1) is 0 Å². The van der Waals surface area contributed by atoms with Crippen molar-refractivity contribution < 1.29 is 0 Å². The van der Waals surface area contributed by atoms with Crippen molar-refractivity contribution in [3.05, 3.63) is 36.4 Å². The first kappa shape index (κ1) is 6.44. The van der Waals surface area contributed by atoms with E-state index in [1.54, 1.807) is 0 Å². The molecule has 0 spiro atoms. The van der Waals surface area contributed by atoms with Gasteiger partial charge in [0.1, 0.15) is 0 Å². The molecule has 0 saturated carbocycles. The van der Waals surface area contributed by atoms with E-state index in [9.17, 15) is 0 Å². The second-order valence-corrected chi connectivity index (χ2v) is 1.15. The van der Waals surface area contributed by atoms with Gasteiger partial charge in [0.05, 0.1) is 0 Å². The van der Waals surface area contributed by atoms with Crippen LogP contribution in [0.1, 0.15) is 0 Å². The molecule has 0 N–H and O–H groups in total.